The zero-order chi connectivity index (χ0) is 16.3. The van der Waals surface area contributed by atoms with Gasteiger partial charge < -0.3 is 9.47 Å². The first-order valence-corrected chi connectivity index (χ1v) is 7.59. The monoisotopic (exact) mass is 302 g/mol. The lowest BCUT2D eigenvalue weighted by Gasteiger charge is -2.25. The van der Waals surface area contributed by atoms with Gasteiger partial charge in [-0.3, -0.25) is 9.59 Å². The highest BCUT2D eigenvalue weighted by molar-refractivity contribution is 6.07. The second-order valence-corrected chi connectivity index (χ2v) is 5.48. The molecule has 1 unspecified atom stereocenters. The van der Waals surface area contributed by atoms with Crippen LogP contribution in [0.5, 0.6) is 0 Å². The minimum Gasteiger partial charge on any atom is -0.465 e. The number of ether oxygens (including phenoxy) is 2. The number of benzene rings is 1. The van der Waals surface area contributed by atoms with Gasteiger partial charge in [-0.1, -0.05) is 29.8 Å². The van der Waals surface area contributed by atoms with E-state index in [-0.39, 0.29) is 19.1 Å². The average Bonchev–Trinajstić information content (AvgIpc) is 2.82. The van der Waals surface area contributed by atoms with E-state index in [2.05, 4.69) is 6.58 Å². The van der Waals surface area contributed by atoms with Gasteiger partial charge in [0.1, 0.15) is 0 Å². The predicted molar refractivity (Wildman–Crippen MR) is 83.7 cm³/mol. The summed E-state index contributed by atoms with van der Waals surface area (Å²) in [4.78, 5) is 25.3. The number of aryl methyl sites for hydroxylation is 1. The quantitative estimate of drug-likeness (QED) is 0.476. The van der Waals surface area contributed by atoms with Gasteiger partial charge in [0.2, 0.25) is 0 Å². The van der Waals surface area contributed by atoms with E-state index < -0.39 is 17.4 Å². The lowest BCUT2D eigenvalue weighted by atomic mass is 9.81. The van der Waals surface area contributed by atoms with Gasteiger partial charge in [-0.2, -0.15) is 0 Å². The summed E-state index contributed by atoms with van der Waals surface area (Å²) < 4.78 is 10.4. The van der Waals surface area contributed by atoms with Crippen LogP contribution < -0.4 is 0 Å². The van der Waals surface area contributed by atoms with Gasteiger partial charge in [-0.05, 0) is 38.3 Å². The third kappa shape index (κ3) is 2.43. The first kappa shape index (κ1) is 16.3. The van der Waals surface area contributed by atoms with E-state index in [4.69, 9.17) is 9.47 Å². The molecule has 0 radical (unpaired) electrons. The molecule has 0 aromatic heterocycles. The standard InChI is InChI=1S/C18H22O4/c1-5-13-11-18(16(19)21-6-2,17(20)22-7-3)15-9-8-12(4)10-14(13)15/h5,8-10,13H,1,6-7,11H2,2-4H3. The molecular formula is C18H22O4. The summed E-state index contributed by atoms with van der Waals surface area (Å²) in [5, 5.41) is 0. The number of hydrogen-bond acceptors (Lipinski definition) is 4. The maximum Gasteiger partial charge on any atom is 0.328 e. The van der Waals surface area contributed by atoms with E-state index in [1.54, 1.807) is 19.9 Å². The molecule has 1 aliphatic carbocycles. The van der Waals surface area contributed by atoms with Crippen LogP contribution in [-0.4, -0.2) is 25.2 Å². The van der Waals surface area contributed by atoms with Crippen molar-refractivity contribution in [1.82, 2.24) is 0 Å². The largest absolute Gasteiger partial charge is 0.465 e. The van der Waals surface area contributed by atoms with Gasteiger partial charge in [-0.15, -0.1) is 6.58 Å². The number of carbonyl (C=O) groups is 2. The van der Waals surface area contributed by atoms with Gasteiger partial charge in [0.05, 0.1) is 13.2 Å². The van der Waals surface area contributed by atoms with Crippen LogP contribution in [0, 0.1) is 6.92 Å². The molecule has 0 spiro atoms. The fourth-order valence-electron chi connectivity index (χ4n) is 3.12. The van der Waals surface area contributed by atoms with E-state index in [9.17, 15) is 9.59 Å². The van der Waals surface area contributed by atoms with Crippen molar-refractivity contribution >= 4 is 11.9 Å². The van der Waals surface area contributed by atoms with Gasteiger partial charge >= 0.3 is 11.9 Å². The van der Waals surface area contributed by atoms with Crippen molar-refractivity contribution in [2.45, 2.75) is 38.5 Å². The van der Waals surface area contributed by atoms with Crippen molar-refractivity contribution in [2.24, 2.45) is 0 Å². The minimum atomic E-state index is -1.38. The Bertz CT molecular complexity index is 585. The van der Waals surface area contributed by atoms with Crippen molar-refractivity contribution in [1.29, 1.82) is 0 Å². The van der Waals surface area contributed by atoms with Gasteiger partial charge in [0.25, 0.3) is 0 Å². The number of carbonyl (C=O) groups excluding carboxylic acids is 2. The lowest BCUT2D eigenvalue weighted by molar-refractivity contribution is -0.164. The summed E-state index contributed by atoms with van der Waals surface area (Å²) in [6.07, 6.45) is 2.09. The molecule has 0 aliphatic heterocycles. The van der Waals surface area contributed by atoms with E-state index in [1.807, 2.05) is 25.1 Å². The highest BCUT2D eigenvalue weighted by Gasteiger charge is 2.56. The van der Waals surface area contributed by atoms with Crippen LogP contribution in [0.4, 0.5) is 0 Å². The van der Waals surface area contributed by atoms with Crippen LogP contribution in [0.1, 0.15) is 42.9 Å². The molecule has 1 aliphatic rings. The number of hydrogen-bond donors (Lipinski definition) is 0. The Kier molecular flexibility index (Phi) is 4.69. The van der Waals surface area contributed by atoms with E-state index in [0.717, 1.165) is 11.1 Å². The third-order valence-corrected chi connectivity index (χ3v) is 4.12. The van der Waals surface area contributed by atoms with Crippen LogP contribution in [0.15, 0.2) is 30.9 Å². The number of esters is 2. The molecule has 0 saturated heterocycles. The Balaban J connectivity index is 2.63. The fourth-order valence-corrected chi connectivity index (χ4v) is 3.12. The molecule has 1 aromatic rings. The van der Waals surface area contributed by atoms with Gasteiger partial charge in [-0.25, -0.2) is 0 Å². The first-order chi connectivity index (χ1) is 10.5. The second kappa shape index (κ2) is 6.34. The summed E-state index contributed by atoms with van der Waals surface area (Å²) >= 11 is 0. The van der Waals surface area contributed by atoms with Gasteiger partial charge in [0.15, 0.2) is 5.41 Å². The zero-order valence-electron chi connectivity index (χ0n) is 13.3. The van der Waals surface area contributed by atoms with E-state index >= 15 is 0 Å². The SMILES string of the molecule is C=CC1CC(C(=O)OCC)(C(=O)OCC)c2ccc(C)cc21. The van der Waals surface area contributed by atoms with Crippen molar-refractivity contribution in [2.75, 3.05) is 13.2 Å². The third-order valence-electron chi connectivity index (χ3n) is 4.12. The maximum atomic E-state index is 12.6. The second-order valence-electron chi connectivity index (χ2n) is 5.48. The Hall–Kier alpha value is -2.10. The molecule has 0 heterocycles. The Morgan fingerprint density at radius 2 is 1.86 bits per heavy atom. The predicted octanol–water partition coefficient (Wildman–Crippen LogP) is 3.03. The molecule has 0 amide bonds. The van der Waals surface area contributed by atoms with Gasteiger partial charge in [0, 0.05) is 5.92 Å². The summed E-state index contributed by atoms with van der Waals surface area (Å²) in [5.41, 5.74) is 1.33. The smallest absolute Gasteiger partial charge is 0.328 e. The Labute approximate surface area is 131 Å². The molecule has 0 N–H and O–H groups in total. The molecule has 2 rings (SSSR count). The van der Waals surface area contributed by atoms with Crippen LogP contribution >= 0.6 is 0 Å². The maximum absolute atomic E-state index is 12.6. The highest BCUT2D eigenvalue weighted by Crippen LogP contribution is 2.48. The van der Waals surface area contributed by atoms with Crippen LogP contribution in [-0.2, 0) is 24.5 Å². The molecule has 118 valence electrons. The molecule has 0 fully saturated rings. The summed E-state index contributed by atoms with van der Waals surface area (Å²) in [6, 6.07) is 5.74. The van der Waals surface area contributed by atoms with Crippen LogP contribution in [0.3, 0.4) is 0 Å². The Morgan fingerprint density at radius 1 is 1.27 bits per heavy atom. The molecule has 1 atom stereocenters. The van der Waals surface area contributed by atoms with E-state index in [1.165, 1.54) is 0 Å². The molecule has 0 bridgehead atoms. The molecular weight excluding hydrogens is 280 g/mol. The number of fused-ring (bicyclic) bond motifs is 1. The topological polar surface area (TPSA) is 52.6 Å². The summed E-state index contributed by atoms with van der Waals surface area (Å²) in [5.74, 6) is -1.14. The minimum absolute atomic E-state index is 0.0660. The van der Waals surface area contributed by atoms with Crippen molar-refractivity contribution in [3.05, 3.63) is 47.5 Å². The molecule has 0 saturated carbocycles. The van der Waals surface area contributed by atoms with Crippen LogP contribution in [0.2, 0.25) is 0 Å². The lowest BCUT2D eigenvalue weighted by Crippen LogP contribution is -2.44. The number of rotatable bonds is 5. The highest BCUT2D eigenvalue weighted by atomic mass is 16.6. The molecule has 4 nitrogen and oxygen atoms in total. The van der Waals surface area contributed by atoms with E-state index in [0.29, 0.717) is 12.0 Å². The fraction of sp³-hybridized carbons (Fsp3) is 0.444. The van der Waals surface area contributed by atoms with Crippen molar-refractivity contribution < 1.29 is 19.1 Å². The molecule has 22 heavy (non-hydrogen) atoms. The summed E-state index contributed by atoms with van der Waals surface area (Å²) in [6.45, 7) is 9.73. The van der Waals surface area contributed by atoms with Crippen molar-refractivity contribution in [3.8, 4) is 0 Å². The zero-order valence-corrected chi connectivity index (χ0v) is 13.3. The first-order valence-electron chi connectivity index (χ1n) is 7.59. The molecule has 1 aromatic carbocycles. The average molecular weight is 302 g/mol. The molecule has 4 heteroatoms. The van der Waals surface area contributed by atoms with Crippen molar-refractivity contribution in [3.63, 3.8) is 0 Å². The normalized spacial score (nSPS) is 18.4. The summed E-state index contributed by atoms with van der Waals surface area (Å²) in [7, 11) is 0. The number of allylic oxidation sites excluding steroid dienone is 1. The van der Waals surface area contributed by atoms with Crippen LogP contribution in [0.25, 0.3) is 0 Å². The Morgan fingerprint density at radius 3 is 2.36 bits per heavy atom.